The number of pyridine rings is 1. The minimum Gasteiger partial charge on any atom is -0.493 e. The molecule has 0 unspecified atom stereocenters. The summed E-state index contributed by atoms with van der Waals surface area (Å²) in [6.45, 7) is 4.17. The molecule has 0 amide bonds. The van der Waals surface area contributed by atoms with Crippen LogP contribution in [0.25, 0.3) is 0 Å². The van der Waals surface area contributed by atoms with Gasteiger partial charge in [0.05, 0.1) is 19.0 Å². The summed E-state index contributed by atoms with van der Waals surface area (Å²) in [5.41, 5.74) is 2.07. The van der Waals surface area contributed by atoms with Gasteiger partial charge in [0.2, 0.25) is 0 Å². The van der Waals surface area contributed by atoms with Crippen molar-refractivity contribution in [3.8, 4) is 5.75 Å². The van der Waals surface area contributed by atoms with Crippen molar-refractivity contribution in [2.45, 2.75) is 25.8 Å². The maximum absolute atomic E-state index is 5.30. The van der Waals surface area contributed by atoms with Gasteiger partial charge in [0, 0.05) is 11.7 Å². The minimum atomic E-state index is 0.539. The first kappa shape index (κ1) is 11.2. The van der Waals surface area contributed by atoms with Gasteiger partial charge in [0.1, 0.15) is 0 Å². The van der Waals surface area contributed by atoms with E-state index in [1.165, 1.54) is 0 Å². The van der Waals surface area contributed by atoms with Crippen molar-refractivity contribution in [3.05, 3.63) is 18.0 Å². The second kappa shape index (κ2) is 5.16. The molecule has 0 spiro atoms. The molecule has 1 saturated heterocycles. The van der Waals surface area contributed by atoms with Gasteiger partial charge < -0.3 is 15.4 Å². The molecule has 16 heavy (non-hydrogen) atoms. The summed E-state index contributed by atoms with van der Waals surface area (Å²) < 4.78 is 5.30. The number of hydrogen-bond donors (Lipinski definition) is 2. The standard InChI is InChI=1S/C12H19N3O/c1-9-7-11(12(16-2)8-14-9)15-10-3-5-13-6-4-10/h7-8,10,13H,3-6H2,1-2H3,(H,14,15). The van der Waals surface area contributed by atoms with Gasteiger partial charge in [-0.05, 0) is 38.9 Å². The SMILES string of the molecule is COc1cnc(C)cc1NC1CCNCC1. The predicted molar refractivity (Wildman–Crippen MR) is 65.0 cm³/mol. The number of ether oxygens (including phenoxy) is 1. The van der Waals surface area contributed by atoms with E-state index in [9.17, 15) is 0 Å². The largest absolute Gasteiger partial charge is 0.493 e. The average Bonchev–Trinajstić information content (AvgIpc) is 2.31. The number of nitrogens with one attached hydrogen (secondary N) is 2. The van der Waals surface area contributed by atoms with Gasteiger partial charge >= 0.3 is 0 Å². The van der Waals surface area contributed by atoms with Crippen molar-refractivity contribution in [2.24, 2.45) is 0 Å². The van der Waals surface area contributed by atoms with Crippen LogP contribution in [0, 0.1) is 6.92 Å². The Kier molecular flexibility index (Phi) is 3.62. The first-order valence-electron chi connectivity index (χ1n) is 5.77. The van der Waals surface area contributed by atoms with Crippen molar-refractivity contribution in [1.82, 2.24) is 10.3 Å². The highest BCUT2D eigenvalue weighted by Crippen LogP contribution is 2.25. The summed E-state index contributed by atoms with van der Waals surface area (Å²) in [6.07, 6.45) is 4.09. The third-order valence-corrected chi connectivity index (χ3v) is 2.92. The van der Waals surface area contributed by atoms with Crippen LogP contribution < -0.4 is 15.4 Å². The molecule has 1 aliphatic rings. The Hall–Kier alpha value is -1.29. The molecule has 1 aromatic heterocycles. The number of rotatable bonds is 3. The zero-order chi connectivity index (χ0) is 11.4. The maximum atomic E-state index is 5.30. The minimum absolute atomic E-state index is 0.539. The van der Waals surface area contributed by atoms with Crippen LogP contribution in [0.15, 0.2) is 12.3 Å². The number of aromatic nitrogens is 1. The van der Waals surface area contributed by atoms with Crippen LogP contribution in [0.5, 0.6) is 5.75 Å². The van der Waals surface area contributed by atoms with E-state index in [-0.39, 0.29) is 0 Å². The maximum Gasteiger partial charge on any atom is 0.160 e. The van der Waals surface area contributed by atoms with Gasteiger partial charge in [-0.25, -0.2) is 0 Å². The number of anilines is 1. The Morgan fingerprint density at radius 2 is 2.19 bits per heavy atom. The molecule has 2 N–H and O–H groups in total. The zero-order valence-corrected chi connectivity index (χ0v) is 9.92. The summed E-state index contributed by atoms with van der Waals surface area (Å²) in [4.78, 5) is 4.23. The van der Waals surface area contributed by atoms with Crippen molar-refractivity contribution in [1.29, 1.82) is 0 Å². The molecule has 0 radical (unpaired) electrons. The van der Waals surface area contributed by atoms with Gasteiger partial charge in [-0.15, -0.1) is 0 Å². The van der Waals surface area contributed by atoms with E-state index in [1.807, 2.05) is 13.0 Å². The lowest BCUT2D eigenvalue weighted by atomic mass is 10.1. The molecule has 0 aliphatic carbocycles. The summed E-state index contributed by atoms with van der Waals surface area (Å²) in [7, 11) is 1.68. The molecule has 1 aromatic rings. The molecule has 0 atom stereocenters. The van der Waals surface area contributed by atoms with Crippen LogP contribution >= 0.6 is 0 Å². The van der Waals surface area contributed by atoms with Crippen molar-refractivity contribution >= 4 is 5.69 Å². The predicted octanol–water partition coefficient (Wildman–Crippen LogP) is 1.56. The van der Waals surface area contributed by atoms with Crippen LogP contribution in [0.1, 0.15) is 18.5 Å². The molecule has 2 heterocycles. The highest BCUT2D eigenvalue weighted by atomic mass is 16.5. The van der Waals surface area contributed by atoms with E-state index < -0.39 is 0 Å². The summed E-state index contributed by atoms with van der Waals surface area (Å²) >= 11 is 0. The summed E-state index contributed by atoms with van der Waals surface area (Å²) in [5.74, 6) is 0.823. The van der Waals surface area contributed by atoms with Crippen LogP contribution in [0.3, 0.4) is 0 Å². The molecule has 4 heteroatoms. The molecule has 88 valence electrons. The third kappa shape index (κ3) is 2.64. The Bertz CT molecular complexity index is 348. The van der Waals surface area contributed by atoms with Crippen molar-refractivity contribution in [3.63, 3.8) is 0 Å². The molecule has 2 rings (SSSR count). The summed E-state index contributed by atoms with van der Waals surface area (Å²) in [5, 5.41) is 6.89. The Balaban J connectivity index is 2.09. The average molecular weight is 221 g/mol. The second-order valence-corrected chi connectivity index (χ2v) is 4.19. The van der Waals surface area contributed by atoms with E-state index >= 15 is 0 Å². The lowest BCUT2D eigenvalue weighted by molar-refractivity contribution is 0.412. The fourth-order valence-corrected chi connectivity index (χ4v) is 2.01. The molecule has 0 bridgehead atoms. The fourth-order valence-electron chi connectivity index (χ4n) is 2.01. The van der Waals surface area contributed by atoms with E-state index in [0.717, 1.165) is 43.1 Å². The number of nitrogens with zero attached hydrogens (tertiary/aromatic N) is 1. The van der Waals surface area contributed by atoms with Gasteiger partial charge in [-0.2, -0.15) is 0 Å². The first-order chi connectivity index (χ1) is 7.79. The number of aryl methyl sites for hydroxylation is 1. The molecule has 0 aromatic carbocycles. The third-order valence-electron chi connectivity index (χ3n) is 2.92. The Morgan fingerprint density at radius 3 is 2.88 bits per heavy atom. The Morgan fingerprint density at radius 1 is 1.44 bits per heavy atom. The Labute approximate surface area is 96.4 Å². The van der Waals surface area contributed by atoms with E-state index in [1.54, 1.807) is 13.3 Å². The smallest absolute Gasteiger partial charge is 0.160 e. The first-order valence-corrected chi connectivity index (χ1v) is 5.77. The van der Waals surface area contributed by atoms with Crippen LogP contribution in [-0.2, 0) is 0 Å². The fraction of sp³-hybridized carbons (Fsp3) is 0.583. The number of piperidine rings is 1. The van der Waals surface area contributed by atoms with E-state index in [4.69, 9.17) is 4.74 Å². The van der Waals surface area contributed by atoms with Crippen LogP contribution in [-0.4, -0.2) is 31.2 Å². The lowest BCUT2D eigenvalue weighted by Crippen LogP contribution is -2.35. The molecule has 0 saturated carbocycles. The molecular weight excluding hydrogens is 202 g/mol. The van der Waals surface area contributed by atoms with Gasteiger partial charge in [0.25, 0.3) is 0 Å². The van der Waals surface area contributed by atoms with Crippen molar-refractivity contribution in [2.75, 3.05) is 25.5 Å². The van der Waals surface area contributed by atoms with Crippen LogP contribution in [0.2, 0.25) is 0 Å². The molecule has 1 aliphatic heterocycles. The highest BCUT2D eigenvalue weighted by molar-refractivity contribution is 5.56. The normalized spacial score (nSPS) is 17.1. The van der Waals surface area contributed by atoms with Crippen molar-refractivity contribution < 1.29 is 4.74 Å². The molecular formula is C12H19N3O. The zero-order valence-electron chi connectivity index (χ0n) is 9.92. The quantitative estimate of drug-likeness (QED) is 0.813. The van der Waals surface area contributed by atoms with E-state index in [2.05, 4.69) is 15.6 Å². The monoisotopic (exact) mass is 221 g/mol. The number of hydrogen-bond acceptors (Lipinski definition) is 4. The van der Waals surface area contributed by atoms with Gasteiger partial charge in [-0.3, -0.25) is 4.98 Å². The molecule has 1 fully saturated rings. The lowest BCUT2D eigenvalue weighted by Gasteiger charge is -2.25. The van der Waals surface area contributed by atoms with Crippen LogP contribution in [0.4, 0.5) is 5.69 Å². The summed E-state index contributed by atoms with van der Waals surface area (Å²) in [6, 6.07) is 2.58. The van der Waals surface area contributed by atoms with Gasteiger partial charge in [-0.1, -0.05) is 0 Å². The highest BCUT2D eigenvalue weighted by Gasteiger charge is 2.14. The topological polar surface area (TPSA) is 46.2 Å². The molecule has 4 nitrogen and oxygen atoms in total. The second-order valence-electron chi connectivity index (χ2n) is 4.19. The van der Waals surface area contributed by atoms with Gasteiger partial charge in [0.15, 0.2) is 5.75 Å². The van der Waals surface area contributed by atoms with E-state index in [0.29, 0.717) is 6.04 Å². The number of methoxy groups -OCH3 is 1.